The maximum absolute atomic E-state index is 11.4. The third-order valence-corrected chi connectivity index (χ3v) is 3.03. The van der Waals surface area contributed by atoms with Crippen LogP contribution in [0.1, 0.15) is 16.1 Å². The molecule has 0 unspecified atom stereocenters. The van der Waals surface area contributed by atoms with Crippen LogP contribution >= 0.6 is 15.9 Å². The van der Waals surface area contributed by atoms with Gasteiger partial charge in [0.2, 0.25) is 5.88 Å². The van der Waals surface area contributed by atoms with Crippen molar-refractivity contribution in [2.24, 2.45) is 0 Å². The molecule has 4 nitrogen and oxygen atoms in total. The molecule has 1 aromatic heterocycles. The maximum atomic E-state index is 11.4. The highest BCUT2D eigenvalue weighted by molar-refractivity contribution is 9.10. The van der Waals surface area contributed by atoms with Crippen LogP contribution in [-0.2, 0) is 4.74 Å². The van der Waals surface area contributed by atoms with E-state index in [4.69, 9.17) is 4.74 Å². The molecule has 0 fully saturated rings. The van der Waals surface area contributed by atoms with E-state index in [-0.39, 0.29) is 0 Å². The van der Waals surface area contributed by atoms with E-state index in [2.05, 4.69) is 25.7 Å². The van der Waals surface area contributed by atoms with Gasteiger partial charge in [0, 0.05) is 10.5 Å². The minimum atomic E-state index is -0.403. The van der Waals surface area contributed by atoms with E-state index < -0.39 is 5.97 Å². The van der Waals surface area contributed by atoms with Gasteiger partial charge < -0.3 is 9.47 Å². The summed E-state index contributed by atoms with van der Waals surface area (Å²) in [5.41, 5.74) is 1.01. The highest BCUT2D eigenvalue weighted by atomic mass is 79.9. The number of ether oxygens (including phenoxy) is 2. The Hall–Kier alpha value is -1.88. The van der Waals surface area contributed by atoms with Crippen molar-refractivity contribution in [1.82, 2.24) is 4.98 Å². The molecular formula is C14H12BrNO3. The van der Waals surface area contributed by atoms with Gasteiger partial charge in [-0.05, 0) is 37.3 Å². The monoisotopic (exact) mass is 321 g/mol. The standard InChI is InChI=1S/C14H12BrNO3/c1-9-12(14(17)18-2)7-8-13(16-9)19-11-5-3-10(15)4-6-11/h3-8H,1-2H3. The molecule has 1 heterocycles. The van der Waals surface area contributed by atoms with Crippen molar-refractivity contribution in [3.63, 3.8) is 0 Å². The van der Waals surface area contributed by atoms with Crippen molar-refractivity contribution < 1.29 is 14.3 Å². The van der Waals surface area contributed by atoms with Gasteiger partial charge in [0.1, 0.15) is 5.75 Å². The van der Waals surface area contributed by atoms with Gasteiger partial charge in [-0.1, -0.05) is 15.9 Å². The zero-order chi connectivity index (χ0) is 13.8. The summed E-state index contributed by atoms with van der Waals surface area (Å²) < 4.78 is 11.2. The average molecular weight is 322 g/mol. The van der Waals surface area contributed by atoms with Gasteiger partial charge in [-0.15, -0.1) is 0 Å². The lowest BCUT2D eigenvalue weighted by Gasteiger charge is -2.07. The van der Waals surface area contributed by atoms with E-state index >= 15 is 0 Å². The average Bonchev–Trinajstić information content (AvgIpc) is 2.41. The molecule has 2 rings (SSSR count). The summed E-state index contributed by atoms with van der Waals surface area (Å²) in [6, 6.07) is 10.7. The van der Waals surface area contributed by atoms with Gasteiger partial charge in [0.15, 0.2) is 0 Å². The Morgan fingerprint density at radius 3 is 2.42 bits per heavy atom. The first-order valence-electron chi connectivity index (χ1n) is 5.59. The van der Waals surface area contributed by atoms with Crippen molar-refractivity contribution >= 4 is 21.9 Å². The number of rotatable bonds is 3. The Kier molecular flexibility index (Phi) is 4.16. The van der Waals surface area contributed by atoms with Crippen molar-refractivity contribution in [3.8, 4) is 11.6 Å². The quantitative estimate of drug-likeness (QED) is 0.808. The molecule has 0 N–H and O–H groups in total. The SMILES string of the molecule is COC(=O)c1ccc(Oc2ccc(Br)cc2)nc1C. The van der Waals surface area contributed by atoms with Crippen LogP contribution in [0.2, 0.25) is 0 Å². The number of halogens is 1. The first-order valence-corrected chi connectivity index (χ1v) is 6.39. The molecule has 0 aliphatic carbocycles. The molecule has 19 heavy (non-hydrogen) atoms. The summed E-state index contributed by atoms with van der Waals surface area (Å²) in [5.74, 6) is 0.716. The van der Waals surface area contributed by atoms with Crippen molar-refractivity contribution in [1.29, 1.82) is 0 Å². The van der Waals surface area contributed by atoms with E-state index in [0.717, 1.165) is 4.47 Å². The van der Waals surface area contributed by atoms with Crippen LogP contribution < -0.4 is 4.74 Å². The lowest BCUT2D eigenvalue weighted by Crippen LogP contribution is -2.05. The highest BCUT2D eigenvalue weighted by Crippen LogP contribution is 2.22. The van der Waals surface area contributed by atoms with E-state index in [1.54, 1.807) is 19.1 Å². The highest BCUT2D eigenvalue weighted by Gasteiger charge is 2.11. The molecule has 5 heteroatoms. The first-order chi connectivity index (χ1) is 9.10. The molecular weight excluding hydrogens is 310 g/mol. The molecule has 0 spiro atoms. The maximum Gasteiger partial charge on any atom is 0.339 e. The lowest BCUT2D eigenvalue weighted by molar-refractivity contribution is 0.0599. The molecule has 0 saturated carbocycles. The number of pyridine rings is 1. The zero-order valence-corrected chi connectivity index (χ0v) is 12.1. The normalized spacial score (nSPS) is 10.1. The molecule has 0 aliphatic heterocycles. The number of carbonyl (C=O) groups excluding carboxylic acids is 1. The number of esters is 1. The van der Waals surface area contributed by atoms with E-state index in [0.29, 0.717) is 22.9 Å². The third kappa shape index (κ3) is 3.32. The third-order valence-electron chi connectivity index (χ3n) is 2.50. The number of carbonyl (C=O) groups is 1. The molecule has 0 saturated heterocycles. The van der Waals surface area contributed by atoms with Gasteiger partial charge >= 0.3 is 5.97 Å². The summed E-state index contributed by atoms with van der Waals surface area (Å²) in [6.07, 6.45) is 0. The van der Waals surface area contributed by atoms with Gasteiger partial charge in [-0.25, -0.2) is 9.78 Å². The molecule has 98 valence electrons. The zero-order valence-electron chi connectivity index (χ0n) is 10.5. The van der Waals surface area contributed by atoms with Crippen LogP contribution in [0.15, 0.2) is 40.9 Å². The Bertz CT molecular complexity index is 596. The van der Waals surface area contributed by atoms with Crippen molar-refractivity contribution in [3.05, 3.63) is 52.1 Å². The number of benzene rings is 1. The molecule has 1 aromatic carbocycles. The predicted octanol–water partition coefficient (Wildman–Crippen LogP) is 3.73. The fraction of sp³-hybridized carbons (Fsp3) is 0.143. The van der Waals surface area contributed by atoms with Crippen LogP contribution in [0.3, 0.4) is 0 Å². The Morgan fingerprint density at radius 2 is 1.84 bits per heavy atom. The lowest BCUT2D eigenvalue weighted by atomic mass is 10.2. The molecule has 0 amide bonds. The van der Waals surface area contributed by atoms with Crippen LogP contribution in [0.4, 0.5) is 0 Å². The predicted molar refractivity (Wildman–Crippen MR) is 74.5 cm³/mol. The molecule has 2 aromatic rings. The molecule has 0 bridgehead atoms. The smallest absolute Gasteiger partial charge is 0.339 e. The van der Waals surface area contributed by atoms with Crippen LogP contribution in [0, 0.1) is 6.92 Å². The minimum Gasteiger partial charge on any atom is -0.465 e. The minimum absolute atomic E-state index is 0.403. The fourth-order valence-corrected chi connectivity index (χ4v) is 1.81. The Morgan fingerprint density at radius 1 is 1.16 bits per heavy atom. The number of nitrogens with zero attached hydrogens (tertiary/aromatic N) is 1. The second kappa shape index (κ2) is 5.84. The van der Waals surface area contributed by atoms with Crippen molar-refractivity contribution in [2.45, 2.75) is 6.92 Å². The number of methoxy groups -OCH3 is 1. The summed E-state index contributed by atoms with van der Waals surface area (Å²) in [5, 5.41) is 0. The van der Waals surface area contributed by atoms with Crippen LogP contribution in [-0.4, -0.2) is 18.1 Å². The Balaban J connectivity index is 2.20. The van der Waals surface area contributed by atoms with E-state index in [1.807, 2.05) is 24.3 Å². The number of hydrogen-bond donors (Lipinski definition) is 0. The topological polar surface area (TPSA) is 48.4 Å². The number of aromatic nitrogens is 1. The van der Waals surface area contributed by atoms with Crippen LogP contribution in [0.5, 0.6) is 11.6 Å². The van der Waals surface area contributed by atoms with Gasteiger partial charge in [0.05, 0.1) is 18.4 Å². The largest absolute Gasteiger partial charge is 0.465 e. The van der Waals surface area contributed by atoms with Gasteiger partial charge in [0.25, 0.3) is 0 Å². The summed E-state index contributed by atoms with van der Waals surface area (Å²) in [6.45, 7) is 1.74. The van der Waals surface area contributed by atoms with Crippen LogP contribution in [0.25, 0.3) is 0 Å². The molecule has 0 atom stereocenters. The second-order valence-corrected chi connectivity index (χ2v) is 4.75. The van der Waals surface area contributed by atoms with E-state index in [1.165, 1.54) is 7.11 Å². The van der Waals surface area contributed by atoms with E-state index in [9.17, 15) is 4.79 Å². The number of hydrogen-bond acceptors (Lipinski definition) is 4. The summed E-state index contributed by atoms with van der Waals surface area (Å²) in [7, 11) is 1.34. The number of aryl methyl sites for hydroxylation is 1. The Labute approximate surface area is 119 Å². The van der Waals surface area contributed by atoms with Gasteiger partial charge in [-0.3, -0.25) is 0 Å². The molecule has 0 radical (unpaired) electrons. The molecule has 0 aliphatic rings. The summed E-state index contributed by atoms with van der Waals surface area (Å²) in [4.78, 5) is 15.7. The van der Waals surface area contributed by atoms with Crippen molar-refractivity contribution in [2.75, 3.05) is 7.11 Å². The summed E-state index contributed by atoms with van der Waals surface area (Å²) >= 11 is 3.35. The first kappa shape index (κ1) is 13.5. The second-order valence-electron chi connectivity index (χ2n) is 3.83. The fourth-order valence-electron chi connectivity index (χ4n) is 1.54. The van der Waals surface area contributed by atoms with Gasteiger partial charge in [-0.2, -0.15) is 0 Å².